The van der Waals surface area contributed by atoms with E-state index in [4.69, 9.17) is 9.47 Å². The first-order valence-corrected chi connectivity index (χ1v) is 8.16. The van der Waals surface area contributed by atoms with Crippen LogP contribution in [0.5, 0.6) is 0 Å². The molecule has 0 aliphatic carbocycles. The molecule has 0 radical (unpaired) electrons. The van der Waals surface area contributed by atoms with E-state index in [1.807, 2.05) is 56.0 Å². The summed E-state index contributed by atoms with van der Waals surface area (Å²) >= 11 is 0. The van der Waals surface area contributed by atoms with Gasteiger partial charge in [-0.15, -0.1) is 0 Å². The van der Waals surface area contributed by atoms with Gasteiger partial charge in [-0.2, -0.15) is 0 Å². The number of nitrogens with zero attached hydrogens (tertiary/aromatic N) is 2. The number of carbonyl (C=O) groups is 2. The van der Waals surface area contributed by atoms with Gasteiger partial charge in [0.25, 0.3) is 0 Å². The number of hydrogen-bond acceptors (Lipinski definition) is 5. The first-order valence-electron chi connectivity index (χ1n) is 8.16. The second kappa shape index (κ2) is 7.66. The molecule has 1 amide bonds. The second-order valence-electron chi connectivity index (χ2n) is 6.84. The third kappa shape index (κ3) is 4.71. The summed E-state index contributed by atoms with van der Waals surface area (Å²) in [6, 6.07) is 9.11. The molecule has 24 heavy (non-hydrogen) atoms. The molecule has 1 aliphatic rings. The van der Waals surface area contributed by atoms with Crippen LogP contribution in [0.4, 0.5) is 4.79 Å². The van der Waals surface area contributed by atoms with Gasteiger partial charge in [-0.3, -0.25) is 4.90 Å². The van der Waals surface area contributed by atoms with Crippen molar-refractivity contribution in [2.45, 2.75) is 32.4 Å². The van der Waals surface area contributed by atoms with Crippen LogP contribution >= 0.6 is 0 Å². The van der Waals surface area contributed by atoms with Crippen molar-refractivity contribution >= 4 is 12.1 Å². The molecule has 0 saturated carbocycles. The van der Waals surface area contributed by atoms with E-state index in [1.165, 1.54) is 7.11 Å². The molecule has 1 fully saturated rings. The summed E-state index contributed by atoms with van der Waals surface area (Å²) in [6.07, 6.45) is -0.309. The highest BCUT2D eigenvalue weighted by Gasteiger charge is 2.33. The highest BCUT2D eigenvalue weighted by molar-refractivity contribution is 5.77. The van der Waals surface area contributed by atoms with E-state index in [0.29, 0.717) is 26.2 Å². The number of esters is 1. The summed E-state index contributed by atoms with van der Waals surface area (Å²) in [5, 5.41) is 0. The minimum absolute atomic E-state index is 0.285. The number of benzene rings is 1. The third-order valence-electron chi connectivity index (χ3n) is 3.87. The molecule has 0 N–H and O–H groups in total. The second-order valence-corrected chi connectivity index (χ2v) is 6.84. The van der Waals surface area contributed by atoms with Crippen molar-refractivity contribution in [3.05, 3.63) is 35.9 Å². The maximum atomic E-state index is 12.2. The third-order valence-corrected chi connectivity index (χ3v) is 3.87. The molecule has 0 unspecified atom stereocenters. The topological polar surface area (TPSA) is 59.1 Å². The fraction of sp³-hybridized carbons (Fsp3) is 0.556. The van der Waals surface area contributed by atoms with E-state index < -0.39 is 11.6 Å². The SMILES string of the molecule is COC(=O)[C@@H](c1ccccc1)N1CCN(C(=O)OC(C)(C)C)CC1. The van der Waals surface area contributed by atoms with E-state index in [2.05, 4.69) is 0 Å². The fourth-order valence-corrected chi connectivity index (χ4v) is 2.73. The predicted molar refractivity (Wildman–Crippen MR) is 90.6 cm³/mol. The van der Waals surface area contributed by atoms with E-state index in [1.54, 1.807) is 4.90 Å². The van der Waals surface area contributed by atoms with Gasteiger partial charge in [0.15, 0.2) is 0 Å². The van der Waals surface area contributed by atoms with Gasteiger partial charge < -0.3 is 14.4 Å². The van der Waals surface area contributed by atoms with Crippen LogP contribution in [0, 0.1) is 0 Å². The molecule has 132 valence electrons. The zero-order valence-corrected chi connectivity index (χ0v) is 14.8. The molecule has 6 heteroatoms. The first-order chi connectivity index (χ1) is 11.3. The predicted octanol–water partition coefficient (Wildman–Crippen LogP) is 2.45. The maximum absolute atomic E-state index is 12.2. The van der Waals surface area contributed by atoms with Crippen molar-refractivity contribution in [3.63, 3.8) is 0 Å². The summed E-state index contributed by atoms with van der Waals surface area (Å²) in [5.41, 5.74) is 0.391. The minimum atomic E-state index is -0.507. The molecule has 6 nitrogen and oxygen atoms in total. The highest BCUT2D eigenvalue weighted by atomic mass is 16.6. The molecular formula is C18H26N2O4. The number of amides is 1. The Bertz CT molecular complexity index is 560. The lowest BCUT2D eigenvalue weighted by Gasteiger charge is -2.38. The monoisotopic (exact) mass is 334 g/mol. The number of methoxy groups -OCH3 is 1. The Morgan fingerprint density at radius 1 is 1.04 bits per heavy atom. The summed E-state index contributed by atoms with van der Waals surface area (Å²) in [4.78, 5) is 28.1. The molecule has 1 saturated heterocycles. The van der Waals surface area contributed by atoms with Gasteiger partial charge >= 0.3 is 12.1 Å². The molecule has 0 spiro atoms. The van der Waals surface area contributed by atoms with Gasteiger partial charge in [0.1, 0.15) is 11.6 Å². The number of piperazine rings is 1. The van der Waals surface area contributed by atoms with Crippen LogP contribution < -0.4 is 0 Å². The van der Waals surface area contributed by atoms with Crippen molar-refractivity contribution in [2.24, 2.45) is 0 Å². The normalized spacial score (nSPS) is 17.2. The van der Waals surface area contributed by atoms with Crippen LogP contribution in [-0.4, -0.2) is 60.8 Å². The first kappa shape index (κ1) is 18.3. The summed E-state index contributed by atoms with van der Waals surface area (Å²) in [6.45, 7) is 7.78. The molecule has 2 rings (SSSR count). The lowest BCUT2D eigenvalue weighted by Crippen LogP contribution is -2.52. The van der Waals surface area contributed by atoms with Gasteiger partial charge in [0, 0.05) is 26.2 Å². The largest absolute Gasteiger partial charge is 0.468 e. The Hall–Kier alpha value is -2.08. The smallest absolute Gasteiger partial charge is 0.410 e. The zero-order valence-electron chi connectivity index (χ0n) is 14.8. The van der Waals surface area contributed by atoms with Crippen molar-refractivity contribution in [3.8, 4) is 0 Å². The van der Waals surface area contributed by atoms with Crippen LogP contribution in [0.25, 0.3) is 0 Å². The summed E-state index contributed by atoms with van der Waals surface area (Å²) in [5.74, 6) is -0.285. The standard InChI is InChI=1S/C18H26N2O4/c1-18(2,3)24-17(22)20-12-10-19(11-13-20)15(16(21)23-4)14-8-6-5-7-9-14/h5-9,15H,10-13H2,1-4H3/t15-/m1/s1. The molecule has 1 aliphatic heterocycles. The van der Waals surface area contributed by atoms with E-state index in [-0.39, 0.29) is 12.1 Å². The molecule has 1 atom stereocenters. The van der Waals surface area contributed by atoms with E-state index in [0.717, 1.165) is 5.56 Å². The van der Waals surface area contributed by atoms with Crippen LogP contribution in [0.3, 0.4) is 0 Å². The quantitative estimate of drug-likeness (QED) is 0.795. The van der Waals surface area contributed by atoms with E-state index >= 15 is 0 Å². The lowest BCUT2D eigenvalue weighted by molar-refractivity contribution is -0.148. The number of hydrogen-bond donors (Lipinski definition) is 0. The van der Waals surface area contributed by atoms with Crippen molar-refractivity contribution in [1.29, 1.82) is 0 Å². The zero-order chi connectivity index (χ0) is 17.7. The van der Waals surface area contributed by atoms with Crippen LogP contribution in [0.1, 0.15) is 32.4 Å². The average molecular weight is 334 g/mol. The molecule has 0 bridgehead atoms. The summed E-state index contributed by atoms with van der Waals surface area (Å²) < 4.78 is 10.4. The Morgan fingerprint density at radius 3 is 2.12 bits per heavy atom. The van der Waals surface area contributed by atoms with Crippen molar-refractivity contribution in [2.75, 3.05) is 33.3 Å². The average Bonchev–Trinajstić information content (AvgIpc) is 2.55. The van der Waals surface area contributed by atoms with Gasteiger partial charge in [-0.25, -0.2) is 9.59 Å². The molecule has 0 aromatic heterocycles. The molecule has 1 aromatic carbocycles. The van der Waals surface area contributed by atoms with Gasteiger partial charge in [-0.1, -0.05) is 30.3 Å². The molecule has 1 heterocycles. The van der Waals surface area contributed by atoms with Crippen molar-refractivity contribution < 1.29 is 19.1 Å². The molecule has 1 aromatic rings. The minimum Gasteiger partial charge on any atom is -0.468 e. The maximum Gasteiger partial charge on any atom is 0.410 e. The van der Waals surface area contributed by atoms with Gasteiger partial charge in [0.05, 0.1) is 7.11 Å². The lowest BCUT2D eigenvalue weighted by atomic mass is 10.0. The number of rotatable bonds is 3. The Kier molecular flexibility index (Phi) is 5.83. The summed E-state index contributed by atoms with van der Waals surface area (Å²) in [7, 11) is 1.40. The van der Waals surface area contributed by atoms with Gasteiger partial charge in [0.2, 0.25) is 0 Å². The Balaban J connectivity index is 2.03. The Labute approximate surface area is 143 Å². The number of ether oxygens (including phenoxy) is 2. The van der Waals surface area contributed by atoms with Crippen LogP contribution in [0.2, 0.25) is 0 Å². The van der Waals surface area contributed by atoms with Crippen molar-refractivity contribution in [1.82, 2.24) is 9.80 Å². The fourth-order valence-electron chi connectivity index (χ4n) is 2.73. The van der Waals surface area contributed by atoms with Crippen LogP contribution in [0.15, 0.2) is 30.3 Å². The van der Waals surface area contributed by atoms with Gasteiger partial charge in [-0.05, 0) is 26.3 Å². The highest BCUT2D eigenvalue weighted by Crippen LogP contribution is 2.24. The molecular weight excluding hydrogens is 308 g/mol. The Morgan fingerprint density at radius 2 is 1.62 bits per heavy atom. The number of carbonyl (C=O) groups excluding carboxylic acids is 2. The van der Waals surface area contributed by atoms with Crippen LogP contribution in [-0.2, 0) is 14.3 Å². The van der Waals surface area contributed by atoms with E-state index in [9.17, 15) is 9.59 Å².